The van der Waals surface area contributed by atoms with Crippen LogP contribution >= 0.6 is 0 Å². The largest absolute Gasteiger partial charge is 0.454 e. The molecule has 2 aromatic heterocycles. The first-order valence-electron chi connectivity index (χ1n) is 16.5. The van der Waals surface area contributed by atoms with Crippen LogP contribution in [-0.2, 0) is 0 Å². The van der Waals surface area contributed by atoms with E-state index in [1.54, 1.807) is 0 Å². The summed E-state index contributed by atoms with van der Waals surface area (Å²) < 4.78 is 13.1. The molecule has 4 nitrogen and oxygen atoms in total. The van der Waals surface area contributed by atoms with Crippen LogP contribution < -0.4 is 4.90 Å². The van der Waals surface area contributed by atoms with Crippen LogP contribution in [0.2, 0.25) is 0 Å². The highest BCUT2D eigenvalue weighted by Gasteiger charge is 2.22. The SMILES string of the molecule is c1ccc(-c2nc3ccc4oc5c(N(c6ccccc6)c6ccc(-c7cc8ccccc8c8ccccc78)cc6)cccc5c4c3o2)cc1. The number of para-hydroxylation sites is 2. The topological polar surface area (TPSA) is 42.4 Å². The number of oxazole rings is 1. The molecule has 0 aliphatic carbocycles. The normalized spacial score (nSPS) is 11.7. The lowest BCUT2D eigenvalue weighted by Crippen LogP contribution is -2.10. The number of anilines is 3. The average Bonchev–Trinajstić information content (AvgIpc) is 3.78. The number of rotatable bonds is 5. The minimum absolute atomic E-state index is 0.596. The van der Waals surface area contributed by atoms with Gasteiger partial charge in [-0.05, 0) is 93.3 Å². The zero-order valence-corrected chi connectivity index (χ0v) is 26.4. The Kier molecular flexibility index (Phi) is 6.15. The minimum atomic E-state index is 0.596. The van der Waals surface area contributed by atoms with Gasteiger partial charge in [-0.3, -0.25) is 0 Å². The molecule has 0 fully saturated rings. The highest BCUT2D eigenvalue weighted by molar-refractivity contribution is 6.19. The van der Waals surface area contributed by atoms with Gasteiger partial charge in [0.25, 0.3) is 0 Å². The number of furan rings is 1. The van der Waals surface area contributed by atoms with Crippen molar-refractivity contribution in [2.24, 2.45) is 0 Å². The number of fused-ring (bicyclic) bond motifs is 8. The minimum Gasteiger partial charge on any atom is -0.454 e. The van der Waals surface area contributed by atoms with Crippen LogP contribution in [0.25, 0.3) is 77.2 Å². The molecule has 0 atom stereocenters. The fourth-order valence-electron chi connectivity index (χ4n) is 7.22. The zero-order valence-electron chi connectivity index (χ0n) is 26.4. The second-order valence-corrected chi connectivity index (χ2v) is 12.3. The molecular formula is C45H28N2O2. The van der Waals surface area contributed by atoms with Crippen molar-refractivity contribution in [2.45, 2.75) is 0 Å². The summed E-state index contributed by atoms with van der Waals surface area (Å²) in [6.45, 7) is 0. The van der Waals surface area contributed by atoms with Gasteiger partial charge in [0, 0.05) is 22.3 Å². The Hall–Kier alpha value is -6.65. The summed E-state index contributed by atoms with van der Waals surface area (Å²) >= 11 is 0. The maximum atomic E-state index is 6.68. The van der Waals surface area contributed by atoms with Crippen LogP contribution in [0.3, 0.4) is 0 Å². The molecule has 0 spiro atoms. The van der Waals surface area contributed by atoms with Gasteiger partial charge in [0.05, 0.1) is 11.1 Å². The van der Waals surface area contributed by atoms with Crippen molar-refractivity contribution in [1.29, 1.82) is 0 Å². The third-order valence-electron chi connectivity index (χ3n) is 9.48. The second-order valence-electron chi connectivity index (χ2n) is 12.3. The fourth-order valence-corrected chi connectivity index (χ4v) is 7.22. The lowest BCUT2D eigenvalue weighted by Gasteiger charge is -2.25. The maximum Gasteiger partial charge on any atom is 0.227 e. The van der Waals surface area contributed by atoms with E-state index in [9.17, 15) is 0 Å². The number of hydrogen-bond acceptors (Lipinski definition) is 4. The quantitative estimate of drug-likeness (QED) is 0.178. The van der Waals surface area contributed by atoms with Crippen LogP contribution in [0.4, 0.5) is 17.1 Å². The number of nitrogens with zero attached hydrogens (tertiary/aromatic N) is 2. The van der Waals surface area contributed by atoms with Gasteiger partial charge in [-0.15, -0.1) is 0 Å². The van der Waals surface area contributed by atoms with Gasteiger partial charge < -0.3 is 13.7 Å². The molecule has 8 aromatic carbocycles. The highest BCUT2D eigenvalue weighted by atomic mass is 16.4. The highest BCUT2D eigenvalue weighted by Crippen LogP contribution is 2.45. The lowest BCUT2D eigenvalue weighted by molar-refractivity contribution is 0.622. The van der Waals surface area contributed by atoms with E-state index in [4.69, 9.17) is 13.8 Å². The van der Waals surface area contributed by atoms with Crippen molar-refractivity contribution in [3.8, 4) is 22.6 Å². The summed E-state index contributed by atoms with van der Waals surface area (Å²) in [5.74, 6) is 0.596. The Morgan fingerprint density at radius 2 is 1.12 bits per heavy atom. The van der Waals surface area contributed by atoms with Crippen molar-refractivity contribution >= 4 is 71.6 Å². The van der Waals surface area contributed by atoms with E-state index in [-0.39, 0.29) is 0 Å². The average molecular weight is 629 g/mol. The van der Waals surface area contributed by atoms with Crippen molar-refractivity contribution < 1.29 is 8.83 Å². The van der Waals surface area contributed by atoms with E-state index in [1.165, 1.54) is 32.7 Å². The molecule has 10 rings (SSSR count). The Balaban J connectivity index is 1.14. The summed E-state index contributed by atoms with van der Waals surface area (Å²) in [6.07, 6.45) is 0. The third-order valence-corrected chi connectivity index (χ3v) is 9.48. The van der Waals surface area contributed by atoms with E-state index in [2.05, 4.69) is 126 Å². The van der Waals surface area contributed by atoms with Gasteiger partial charge in [-0.2, -0.15) is 0 Å². The van der Waals surface area contributed by atoms with Crippen molar-refractivity contribution in [3.05, 3.63) is 170 Å². The molecule has 0 radical (unpaired) electrons. The van der Waals surface area contributed by atoms with Crippen molar-refractivity contribution in [3.63, 3.8) is 0 Å². The van der Waals surface area contributed by atoms with E-state index >= 15 is 0 Å². The molecule has 0 aliphatic rings. The van der Waals surface area contributed by atoms with Gasteiger partial charge in [0.1, 0.15) is 11.1 Å². The standard InChI is InChI=1S/C45H28N2O2/c1-3-12-30(13-4-1)45-46-39-26-27-41-42(44(39)49-45)37-20-11-21-40(43(37)48-41)47(32-15-5-2-6-16-32)33-24-22-29(23-25-33)38-28-31-14-7-8-17-34(31)35-18-9-10-19-36(35)38/h1-28H. The number of aromatic nitrogens is 1. The van der Waals surface area contributed by atoms with Crippen molar-refractivity contribution in [1.82, 2.24) is 4.98 Å². The molecule has 49 heavy (non-hydrogen) atoms. The van der Waals surface area contributed by atoms with Crippen LogP contribution in [-0.4, -0.2) is 4.98 Å². The molecule has 230 valence electrons. The summed E-state index contributed by atoms with van der Waals surface area (Å²) in [5, 5.41) is 6.92. The molecule has 0 saturated carbocycles. The third kappa shape index (κ3) is 4.42. The van der Waals surface area contributed by atoms with Crippen molar-refractivity contribution in [2.75, 3.05) is 4.90 Å². The van der Waals surface area contributed by atoms with Gasteiger partial charge in [-0.25, -0.2) is 4.98 Å². The molecule has 0 saturated heterocycles. The van der Waals surface area contributed by atoms with Crippen LogP contribution in [0.15, 0.2) is 179 Å². The van der Waals surface area contributed by atoms with Gasteiger partial charge in [0.15, 0.2) is 11.2 Å². The van der Waals surface area contributed by atoms with Gasteiger partial charge in [0.2, 0.25) is 5.89 Å². The summed E-state index contributed by atoms with van der Waals surface area (Å²) in [6, 6.07) is 59.2. The zero-order chi connectivity index (χ0) is 32.3. The van der Waals surface area contributed by atoms with E-state index in [1.807, 2.05) is 48.5 Å². The van der Waals surface area contributed by atoms with E-state index in [0.29, 0.717) is 5.89 Å². The Bertz CT molecular complexity index is 2820. The first-order chi connectivity index (χ1) is 24.3. The Morgan fingerprint density at radius 3 is 1.94 bits per heavy atom. The predicted octanol–water partition coefficient (Wildman–Crippen LogP) is 12.8. The van der Waals surface area contributed by atoms with E-state index < -0.39 is 0 Å². The first kappa shape index (κ1) is 27.5. The monoisotopic (exact) mass is 628 g/mol. The number of hydrogen-bond donors (Lipinski definition) is 0. The number of benzene rings is 8. The molecule has 0 aliphatic heterocycles. The fraction of sp³-hybridized carbons (Fsp3) is 0. The molecule has 2 heterocycles. The summed E-state index contributed by atoms with van der Waals surface area (Å²) in [5.41, 5.74) is 9.42. The molecule has 0 N–H and O–H groups in total. The Morgan fingerprint density at radius 1 is 0.449 bits per heavy atom. The smallest absolute Gasteiger partial charge is 0.227 e. The van der Waals surface area contributed by atoms with Crippen LogP contribution in [0.1, 0.15) is 0 Å². The first-order valence-corrected chi connectivity index (χ1v) is 16.5. The van der Waals surface area contributed by atoms with Crippen LogP contribution in [0.5, 0.6) is 0 Å². The molecule has 4 heteroatoms. The summed E-state index contributed by atoms with van der Waals surface area (Å²) in [4.78, 5) is 7.09. The predicted molar refractivity (Wildman–Crippen MR) is 202 cm³/mol. The maximum absolute atomic E-state index is 6.68. The molecular weight excluding hydrogens is 601 g/mol. The Labute approximate surface area is 282 Å². The lowest BCUT2D eigenvalue weighted by atomic mass is 9.93. The molecule has 0 bridgehead atoms. The summed E-state index contributed by atoms with van der Waals surface area (Å²) in [7, 11) is 0. The van der Waals surface area contributed by atoms with Gasteiger partial charge in [-0.1, -0.05) is 109 Å². The molecule has 0 amide bonds. The molecule has 10 aromatic rings. The van der Waals surface area contributed by atoms with Gasteiger partial charge >= 0.3 is 0 Å². The van der Waals surface area contributed by atoms with E-state index in [0.717, 1.165) is 55.7 Å². The molecule has 0 unspecified atom stereocenters. The van der Waals surface area contributed by atoms with Crippen LogP contribution in [0, 0.1) is 0 Å². The second kappa shape index (κ2) is 11.0.